The van der Waals surface area contributed by atoms with Gasteiger partial charge in [-0.25, -0.2) is 0 Å². The molecule has 94 valence electrons. The van der Waals surface area contributed by atoms with Gasteiger partial charge in [-0.3, -0.25) is 0 Å². The van der Waals surface area contributed by atoms with Crippen LogP contribution >= 0.6 is 0 Å². The van der Waals surface area contributed by atoms with E-state index >= 15 is 0 Å². The first-order valence-electron chi connectivity index (χ1n) is 6.58. The maximum Gasteiger partial charge on any atom is 0.121 e. The van der Waals surface area contributed by atoms with E-state index in [9.17, 15) is 0 Å². The van der Waals surface area contributed by atoms with E-state index in [0.29, 0.717) is 6.04 Å². The summed E-state index contributed by atoms with van der Waals surface area (Å²) in [4.78, 5) is 0. The molecule has 1 fully saturated rings. The van der Waals surface area contributed by atoms with Crippen LogP contribution in [0.25, 0.3) is 0 Å². The molecule has 1 aliphatic heterocycles. The summed E-state index contributed by atoms with van der Waals surface area (Å²) in [5, 5.41) is 6.95. The fourth-order valence-corrected chi connectivity index (χ4v) is 2.10. The minimum Gasteiger partial charge on any atom is -0.494 e. The number of piperidine rings is 1. The minimum atomic E-state index is 0.595. The second-order valence-electron chi connectivity index (χ2n) is 4.54. The monoisotopic (exact) mass is 234 g/mol. The quantitative estimate of drug-likeness (QED) is 0.821. The van der Waals surface area contributed by atoms with Crippen molar-refractivity contribution < 1.29 is 4.74 Å². The summed E-state index contributed by atoms with van der Waals surface area (Å²) >= 11 is 0. The lowest BCUT2D eigenvalue weighted by molar-refractivity contribution is 0.317. The standard InChI is InChI=1S/C14H22N2O/c1-2-10-17-14-5-3-4-13(11-14)16-12-6-8-15-9-7-12/h3-5,11-12,15-16H,2,6-10H2,1H3. The summed E-state index contributed by atoms with van der Waals surface area (Å²) < 4.78 is 5.63. The third-order valence-corrected chi connectivity index (χ3v) is 3.02. The third kappa shape index (κ3) is 3.93. The van der Waals surface area contributed by atoms with E-state index in [2.05, 4.69) is 35.8 Å². The molecule has 1 aliphatic rings. The van der Waals surface area contributed by atoms with E-state index < -0.39 is 0 Å². The zero-order valence-corrected chi connectivity index (χ0v) is 10.5. The number of hydrogen-bond acceptors (Lipinski definition) is 3. The maximum atomic E-state index is 5.63. The van der Waals surface area contributed by atoms with Gasteiger partial charge in [0.2, 0.25) is 0 Å². The summed E-state index contributed by atoms with van der Waals surface area (Å²) in [5.74, 6) is 0.964. The molecule has 0 bridgehead atoms. The van der Waals surface area contributed by atoms with Crippen molar-refractivity contribution >= 4 is 5.69 Å². The van der Waals surface area contributed by atoms with E-state index in [1.165, 1.54) is 18.5 Å². The van der Waals surface area contributed by atoms with E-state index in [0.717, 1.165) is 31.9 Å². The Balaban J connectivity index is 1.90. The highest BCUT2D eigenvalue weighted by molar-refractivity contribution is 5.48. The van der Waals surface area contributed by atoms with Gasteiger partial charge in [-0.15, -0.1) is 0 Å². The number of ether oxygens (including phenoxy) is 1. The highest BCUT2D eigenvalue weighted by Crippen LogP contribution is 2.19. The van der Waals surface area contributed by atoms with Crippen LogP contribution < -0.4 is 15.4 Å². The van der Waals surface area contributed by atoms with Crippen LogP contribution in [0.15, 0.2) is 24.3 Å². The topological polar surface area (TPSA) is 33.3 Å². The van der Waals surface area contributed by atoms with Gasteiger partial charge in [0, 0.05) is 17.8 Å². The molecular formula is C14H22N2O. The molecule has 0 aliphatic carbocycles. The molecule has 0 aromatic heterocycles. The Morgan fingerprint density at radius 1 is 1.35 bits per heavy atom. The molecule has 0 atom stereocenters. The van der Waals surface area contributed by atoms with Crippen LogP contribution in [0.4, 0.5) is 5.69 Å². The zero-order valence-electron chi connectivity index (χ0n) is 10.5. The van der Waals surface area contributed by atoms with Crippen molar-refractivity contribution in [1.82, 2.24) is 5.32 Å². The fourth-order valence-electron chi connectivity index (χ4n) is 2.10. The van der Waals surface area contributed by atoms with Crippen LogP contribution in [0.3, 0.4) is 0 Å². The molecule has 0 unspecified atom stereocenters. The molecule has 1 heterocycles. The first-order valence-corrected chi connectivity index (χ1v) is 6.58. The zero-order chi connectivity index (χ0) is 11.9. The summed E-state index contributed by atoms with van der Waals surface area (Å²) in [6.07, 6.45) is 3.44. The fraction of sp³-hybridized carbons (Fsp3) is 0.571. The smallest absolute Gasteiger partial charge is 0.121 e. The molecule has 0 radical (unpaired) electrons. The number of benzene rings is 1. The predicted octanol–water partition coefficient (Wildman–Crippen LogP) is 2.64. The van der Waals surface area contributed by atoms with E-state index in [4.69, 9.17) is 4.74 Å². The normalized spacial score (nSPS) is 16.8. The Hall–Kier alpha value is -1.22. The van der Waals surface area contributed by atoms with Gasteiger partial charge in [-0.2, -0.15) is 0 Å². The molecule has 17 heavy (non-hydrogen) atoms. The summed E-state index contributed by atoms with van der Waals surface area (Å²) in [5.41, 5.74) is 1.17. The Morgan fingerprint density at radius 3 is 2.94 bits per heavy atom. The highest BCUT2D eigenvalue weighted by atomic mass is 16.5. The molecule has 1 aromatic carbocycles. The Morgan fingerprint density at radius 2 is 2.18 bits per heavy atom. The van der Waals surface area contributed by atoms with Crippen molar-refractivity contribution in [2.24, 2.45) is 0 Å². The van der Waals surface area contributed by atoms with Crippen molar-refractivity contribution in [1.29, 1.82) is 0 Å². The second kappa shape index (κ2) is 6.50. The molecular weight excluding hydrogens is 212 g/mol. The van der Waals surface area contributed by atoms with Gasteiger partial charge in [0.15, 0.2) is 0 Å². The number of anilines is 1. The summed E-state index contributed by atoms with van der Waals surface area (Å²) in [6.45, 7) is 5.14. The van der Waals surface area contributed by atoms with Crippen LogP contribution in [0, 0.1) is 0 Å². The van der Waals surface area contributed by atoms with Crippen LogP contribution in [0.2, 0.25) is 0 Å². The van der Waals surface area contributed by atoms with Crippen molar-refractivity contribution in [2.45, 2.75) is 32.2 Å². The van der Waals surface area contributed by atoms with Crippen LogP contribution in [-0.4, -0.2) is 25.7 Å². The average molecular weight is 234 g/mol. The molecule has 1 aromatic rings. The first kappa shape index (κ1) is 12.2. The SMILES string of the molecule is CCCOc1cccc(NC2CCNCC2)c1. The largest absolute Gasteiger partial charge is 0.494 e. The Kier molecular flexibility index (Phi) is 4.68. The van der Waals surface area contributed by atoms with Crippen LogP contribution in [0.1, 0.15) is 26.2 Å². The number of rotatable bonds is 5. The highest BCUT2D eigenvalue weighted by Gasteiger charge is 2.12. The molecule has 0 spiro atoms. The molecule has 0 saturated carbocycles. The maximum absolute atomic E-state index is 5.63. The average Bonchev–Trinajstić information content (AvgIpc) is 2.38. The molecule has 1 saturated heterocycles. The predicted molar refractivity (Wildman–Crippen MR) is 71.7 cm³/mol. The molecule has 2 rings (SSSR count). The van der Waals surface area contributed by atoms with Gasteiger partial charge >= 0.3 is 0 Å². The van der Waals surface area contributed by atoms with Gasteiger partial charge in [0.05, 0.1) is 6.61 Å². The second-order valence-corrected chi connectivity index (χ2v) is 4.54. The first-order chi connectivity index (χ1) is 8.38. The van der Waals surface area contributed by atoms with Crippen molar-refractivity contribution in [3.63, 3.8) is 0 Å². The molecule has 3 heteroatoms. The summed E-state index contributed by atoms with van der Waals surface area (Å²) in [6, 6.07) is 8.87. The third-order valence-electron chi connectivity index (χ3n) is 3.02. The number of nitrogens with one attached hydrogen (secondary N) is 2. The van der Waals surface area contributed by atoms with E-state index in [1.54, 1.807) is 0 Å². The van der Waals surface area contributed by atoms with Crippen molar-refractivity contribution in [2.75, 3.05) is 25.0 Å². The van der Waals surface area contributed by atoms with Gasteiger partial charge in [0.25, 0.3) is 0 Å². The van der Waals surface area contributed by atoms with Gasteiger partial charge in [-0.05, 0) is 44.5 Å². The molecule has 3 nitrogen and oxygen atoms in total. The summed E-state index contributed by atoms with van der Waals surface area (Å²) in [7, 11) is 0. The van der Waals surface area contributed by atoms with Gasteiger partial charge in [0.1, 0.15) is 5.75 Å². The van der Waals surface area contributed by atoms with Crippen molar-refractivity contribution in [3.05, 3.63) is 24.3 Å². The Labute approximate surface area is 104 Å². The van der Waals surface area contributed by atoms with E-state index in [1.807, 2.05) is 6.07 Å². The lowest BCUT2D eigenvalue weighted by Gasteiger charge is -2.24. The molecule has 0 amide bonds. The van der Waals surface area contributed by atoms with Crippen molar-refractivity contribution in [3.8, 4) is 5.75 Å². The van der Waals surface area contributed by atoms with Crippen LogP contribution in [-0.2, 0) is 0 Å². The van der Waals surface area contributed by atoms with Crippen LogP contribution in [0.5, 0.6) is 5.75 Å². The number of hydrogen-bond donors (Lipinski definition) is 2. The Bertz CT molecular complexity index is 335. The lowest BCUT2D eigenvalue weighted by Crippen LogP contribution is -2.35. The molecule has 2 N–H and O–H groups in total. The van der Waals surface area contributed by atoms with Gasteiger partial charge in [-0.1, -0.05) is 13.0 Å². The lowest BCUT2D eigenvalue weighted by atomic mass is 10.1. The van der Waals surface area contributed by atoms with Gasteiger partial charge < -0.3 is 15.4 Å². The van der Waals surface area contributed by atoms with E-state index in [-0.39, 0.29) is 0 Å². The minimum absolute atomic E-state index is 0.595.